The summed E-state index contributed by atoms with van der Waals surface area (Å²) in [4.78, 5) is 0. The maximum atomic E-state index is 3.48. The van der Waals surface area contributed by atoms with E-state index in [1.807, 2.05) is 0 Å². The first-order valence-corrected chi connectivity index (χ1v) is 5.19. The van der Waals surface area contributed by atoms with E-state index >= 15 is 0 Å². The molecule has 1 atom stereocenters. The summed E-state index contributed by atoms with van der Waals surface area (Å²) in [5.74, 6) is 0.391. The molecule has 0 bridgehead atoms. The van der Waals surface area contributed by atoms with Crippen molar-refractivity contribution in [2.45, 2.75) is 0 Å². The Labute approximate surface area is 89.9 Å². The Hall–Kier alpha value is -1.82. The van der Waals surface area contributed by atoms with Gasteiger partial charge in [-0.2, -0.15) is 0 Å². The molecule has 0 nitrogen and oxygen atoms in total. The summed E-state index contributed by atoms with van der Waals surface area (Å²) in [5.41, 5.74) is 3.69. The van der Waals surface area contributed by atoms with Gasteiger partial charge in [0.15, 0.2) is 0 Å². The second-order valence-electron chi connectivity index (χ2n) is 3.80. The van der Waals surface area contributed by atoms with Crippen molar-refractivity contribution in [2.75, 3.05) is 0 Å². The molecule has 1 radical (unpaired) electrons. The predicted molar refractivity (Wildman–Crippen MR) is 63.1 cm³/mol. The Bertz CT molecular complexity index is 499. The number of allylic oxidation sites excluding steroid dienone is 6. The van der Waals surface area contributed by atoms with E-state index in [1.165, 1.54) is 16.7 Å². The molecule has 1 aromatic carbocycles. The highest BCUT2D eigenvalue weighted by Crippen LogP contribution is 2.26. The summed E-state index contributed by atoms with van der Waals surface area (Å²) < 4.78 is 0. The van der Waals surface area contributed by atoms with E-state index in [-0.39, 0.29) is 0 Å². The largest absolute Gasteiger partial charge is 0.0732 e. The van der Waals surface area contributed by atoms with Crippen LogP contribution in [0.15, 0.2) is 60.2 Å². The minimum atomic E-state index is 0.391. The van der Waals surface area contributed by atoms with Gasteiger partial charge in [0.25, 0.3) is 0 Å². The zero-order valence-electron chi connectivity index (χ0n) is 8.35. The highest BCUT2D eigenvalue weighted by Gasteiger charge is 2.12. The second kappa shape index (κ2) is 3.39. The molecule has 0 aromatic heterocycles. The zero-order valence-corrected chi connectivity index (χ0v) is 8.35. The van der Waals surface area contributed by atoms with Crippen molar-refractivity contribution in [2.24, 2.45) is 5.92 Å². The van der Waals surface area contributed by atoms with Gasteiger partial charge in [-0.3, -0.25) is 0 Å². The fraction of sp³-hybridized carbons (Fsp3) is 0.0667. The first kappa shape index (κ1) is 8.49. The first-order chi connectivity index (χ1) is 7.43. The van der Waals surface area contributed by atoms with Crippen LogP contribution >= 0.6 is 0 Å². The van der Waals surface area contributed by atoms with Crippen molar-refractivity contribution >= 4 is 6.08 Å². The third kappa shape index (κ3) is 1.48. The predicted octanol–water partition coefficient (Wildman–Crippen LogP) is 3.53. The summed E-state index contributed by atoms with van der Waals surface area (Å²) in [6.07, 6.45) is 16.4. The Morgan fingerprint density at radius 3 is 2.87 bits per heavy atom. The SMILES string of the molecule is [C]1=C2C=CC=CC2C=Cc2ccccc21. The van der Waals surface area contributed by atoms with Crippen LogP contribution in [-0.2, 0) is 0 Å². The van der Waals surface area contributed by atoms with Gasteiger partial charge >= 0.3 is 0 Å². The van der Waals surface area contributed by atoms with E-state index in [9.17, 15) is 0 Å². The van der Waals surface area contributed by atoms with Crippen molar-refractivity contribution in [1.82, 2.24) is 0 Å². The van der Waals surface area contributed by atoms with Crippen molar-refractivity contribution in [3.8, 4) is 0 Å². The van der Waals surface area contributed by atoms with Gasteiger partial charge in [0.2, 0.25) is 0 Å². The lowest BCUT2D eigenvalue weighted by molar-refractivity contribution is 0.996. The maximum Gasteiger partial charge on any atom is 0.0211 e. The molecule has 15 heavy (non-hydrogen) atoms. The van der Waals surface area contributed by atoms with Crippen molar-refractivity contribution in [1.29, 1.82) is 0 Å². The van der Waals surface area contributed by atoms with Gasteiger partial charge in [-0.15, -0.1) is 0 Å². The molecule has 0 amide bonds. The molecule has 3 rings (SSSR count). The Morgan fingerprint density at radius 2 is 1.87 bits per heavy atom. The smallest absolute Gasteiger partial charge is 0.0211 e. The molecule has 0 fully saturated rings. The van der Waals surface area contributed by atoms with Crippen molar-refractivity contribution in [3.05, 3.63) is 77.4 Å². The summed E-state index contributed by atoms with van der Waals surface area (Å²) in [6.45, 7) is 0. The molecular weight excluding hydrogens is 180 g/mol. The summed E-state index contributed by atoms with van der Waals surface area (Å²) in [5, 5.41) is 0. The second-order valence-corrected chi connectivity index (χ2v) is 3.80. The highest BCUT2D eigenvalue weighted by atomic mass is 14.2. The fourth-order valence-corrected chi connectivity index (χ4v) is 1.97. The van der Waals surface area contributed by atoms with Crippen LogP contribution in [0.3, 0.4) is 0 Å². The summed E-state index contributed by atoms with van der Waals surface area (Å²) in [7, 11) is 0. The van der Waals surface area contributed by atoms with E-state index in [4.69, 9.17) is 0 Å². The maximum absolute atomic E-state index is 3.48. The highest BCUT2D eigenvalue weighted by molar-refractivity contribution is 5.60. The molecule has 0 N–H and O–H groups in total. The van der Waals surface area contributed by atoms with Crippen LogP contribution in [-0.4, -0.2) is 0 Å². The average Bonchev–Trinajstić information content (AvgIpc) is 2.48. The zero-order chi connectivity index (χ0) is 10.1. The minimum absolute atomic E-state index is 0.391. The van der Waals surface area contributed by atoms with Crippen LogP contribution in [0.4, 0.5) is 0 Å². The number of hydrogen-bond donors (Lipinski definition) is 0. The van der Waals surface area contributed by atoms with E-state index in [1.54, 1.807) is 0 Å². The molecule has 2 aliphatic carbocycles. The Kier molecular flexibility index (Phi) is 1.92. The van der Waals surface area contributed by atoms with Gasteiger partial charge in [-0.1, -0.05) is 60.7 Å². The third-order valence-electron chi connectivity index (χ3n) is 2.79. The van der Waals surface area contributed by atoms with Crippen LogP contribution < -0.4 is 0 Å². The van der Waals surface area contributed by atoms with Gasteiger partial charge in [-0.25, -0.2) is 0 Å². The molecule has 0 heterocycles. The standard InChI is InChI=1S/C15H11/c1-3-7-14-11-15-8-4-2-6-13(15)10-9-12(14)5-1/h1-10,12H. The molecule has 0 saturated carbocycles. The Morgan fingerprint density at radius 1 is 0.933 bits per heavy atom. The number of fused-ring (bicyclic) bond motifs is 2. The lowest BCUT2D eigenvalue weighted by atomic mass is 9.94. The van der Waals surface area contributed by atoms with Gasteiger partial charge in [0.05, 0.1) is 0 Å². The molecule has 0 aliphatic heterocycles. The molecular formula is C15H11. The molecule has 71 valence electrons. The van der Waals surface area contributed by atoms with Crippen molar-refractivity contribution < 1.29 is 0 Å². The summed E-state index contributed by atoms with van der Waals surface area (Å²) in [6, 6.07) is 8.37. The average molecular weight is 191 g/mol. The van der Waals surface area contributed by atoms with Crippen LogP contribution in [0.25, 0.3) is 6.08 Å². The quantitative estimate of drug-likeness (QED) is 0.588. The van der Waals surface area contributed by atoms with E-state index in [0.717, 1.165) is 0 Å². The van der Waals surface area contributed by atoms with Gasteiger partial charge in [-0.05, 0) is 22.8 Å². The van der Waals surface area contributed by atoms with Crippen molar-refractivity contribution in [3.63, 3.8) is 0 Å². The lowest BCUT2D eigenvalue weighted by Crippen LogP contribution is -1.97. The van der Waals surface area contributed by atoms with Crippen LogP contribution in [0.2, 0.25) is 0 Å². The Balaban J connectivity index is 2.18. The van der Waals surface area contributed by atoms with E-state index in [0.29, 0.717) is 5.92 Å². The topological polar surface area (TPSA) is 0 Å². The van der Waals surface area contributed by atoms with Gasteiger partial charge in [0.1, 0.15) is 0 Å². The molecule has 0 saturated heterocycles. The monoisotopic (exact) mass is 191 g/mol. The van der Waals surface area contributed by atoms with Gasteiger partial charge < -0.3 is 0 Å². The van der Waals surface area contributed by atoms with E-state index < -0.39 is 0 Å². The number of hydrogen-bond acceptors (Lipinski definition) is 0. The summed E-state index contributed by atoms with van der Waals surface area (Å²) >= 11 is 0. The molecule has 0 heteroatoms. The van der Waals surface area contributed by atoms with Gasteiger partial charge in [0, 0.05) is 5.92 Å². The number of rotatable bonds is 0. The minimum Gasteiger partial charge on any atom is -0.0732 e. The van der Waals surface area contributed by atoms with E-state index in [2.05, 4.69) is 66.8 Å². The van der Waals surface area contributed by atoms with Crippen LogP contribution in [0.1, 0.15) is 11.1 Å². The molecule has 1 unspecified atom stereocenters. The third-order valence-corrected chi connectivity index (χ3v) is 2.79. The fourth-order valence-electron chi connectivity index (χ4n) is 1.97. The molecule has 1 aromatic rings. The van der Waals surface area contributed by atoms with Crippen LogP contribution in [0.5, 0.6) is 0 Å². The molecule has 2 aliphatic rings. The lowest BCUT2D eigenvalue weighted by Gasteiger charge is -2.10. The van der Waals surface area contributed by atoms with Crippen LogP contribution in [0, 0.1) is 12.0 Å². The molecule has 0 spiro atoms. The normalized spacial score (nSPS) is 21.6. The first-order valence-electron chi connectivity index (χ1n) is 5.19. The number of benzene rings is 1.